The van der Waals surface area contributed by atoms with Gasteiger partial charge in [0.05, 0.1) is 21.8 Å². The number of anilines is 1. The largest absolute Gasteiger partial charge is 0.368 e. The highest BCUT2D eigenvalue weighted by Crippen LogP contribution is 2.23. The number of para-hydroxylation sites is 1. The maximum Gasteiger partial charge on any atom is 0.264 e. The summed E-state index contributed by atoms with van der Waals surface area (Å²) in [6.45, 7) is 2.61. The number of rotatable bonds is 6. The van der Waals surface area contributed by atoms with Crippen LogP contribution in [0.5, 0.6) is 0 Å². The summed E-state index contributed by atoms with van der Waals surface area (Å²) in [6, 6.07) is 13.6. The van der Waals surface area contributed by atoms with Gasteiger partial charge in [-0.2, -0.15) is 0 Å². The van der Waals surface area contributed by atoms with Crippen LogP contribution in [-0.4, -0.2) is 73.8 Å². The fraction of sp³-hybridized carbons (Fsp3) is 0.350. The first-order valence-electron chi connectivity index (χ1n) is 9.29. The van der Waals surface area contributed by atoms with Gasteiger partial charge in [0.15, 0.2) is 0 Å². The molecule has 0 atom stereocenters. The third-order valence-corrected chi connectivity index (χ3v) is 6.31. The van der Waals surface area contributed by atoms with E-state index in [1.807, 2.05) is 18.2 Å². The number of piperazine rings is 1. The Kier molecular flexibility index (Phi) is 7.27. The lowest BCUT2D eigenvalue weighted by Crippen LogP contribution is -2.51. The second-order valence-electron chi connectivity index (χ2n) is 6.75. The van der Waals surface area contributed by atoms with Crippen LogP contribution in [0.3, 0.4) is 0 Å². The molecule has 2 aromatic rings. The minimum atomic E-state index is -0.354. The van der Waals surface area contributed by atoms with Crippen molar-refractivity contribution in [1.82, 2.24) is 15.1 Å². The van der Waals surface area contributed by atoms with Crippen molar-refractivity contribution >= 4 is 50.7 Å². The predicted octanol–water partition coefficient (Wildman–Crippen LogP) is 2.05. The van der Waals surface area contributed by atoms with E-state index in [1.165, 1.54) is 16.2 Å². The Morgan fingerprint density at radius 3 is 2.38 bits per heavy atom. The quantitative estimate of drug-likeness (QED) is 0.689. The van der Waals surface area contributed by atoms with E-state index >= 15 is 0 Å². The van der Waals surface area contributed by atoms with E-state index in [0.717, 1.165) is 22.6 Å². The standard InChI is InChI=1S/C20H23BrN4O3S/c1-23(20(28)16-7-8-17(21)29-16)14-18(26)22-13-19(27)25-11-9-24(10-12-25)15-5-3-2-4-6-15/h2-8H,9-14H2,1H3,(H,22,26). The van der Waals surface area contributed by atoms with Crippen LogP contribution >= 0.6 is 27.3 Å². The van der Waals surface area contributed by atoms with Crippen LogP contribution in [0.25, 0.3) is 0 Å². The summed E-state index contributed by atoms with van der Waals surface area (Å²) in [6.07, 6.45) is 0. The first-order chi connectivity index (χ1) is 13.9. The van der Waals surface area contributed by atoms with Crippen molar-refractivity contribution < 1.29 is 14.4 Å². The van der Waals surface area contributed by atoms with E-state index in [4.69, 9.17) is 0 Å². The monoisotopic (exact) mass is 478 g/mol. The smallest absolute Gasteiger partial charge is 0.264 e. The number of benzene rings is 1. The Labute approximate surface area is 182 Å². The number of nitrogens with one attached hydrogen (secondary N) is 1. The first kappa shape index (κ1) is 21.3. The molecule has 1 aromatic heterocycles. The molecule has 3 rings (SSSR count). The van der Waals surface area contributed by atoms with E-state index in [-0.39, 0.29) is 30.8 Å². The average Bonchev–Trinajstić information content (AvgIpc) is 3.18. The number of hydrogen-bond acceptors (Lipinski definition) is 5. The SMILES string of the molecule is CN(CC(=O)NCC(=O)N1CCN(c2ccccc2)CC1)C(=O)c1ccc(Br)s1. The Morgan fingerprint density at radius 2 is 1.76 bits per heavy atom. The maximum absolute atomic E-state index is 12.4. The molecule has 3 amide bonds. The van der Waals surface area contributed by atoms with Crippen molar-refractivity contribution in [2.45, 2.75) is 0 Å². The zero-order valence-electron chi connectivity index (χ0n) is 16.1. The molecule has 7 nitrogen and oxygen atoms in total. The van der Waals surface area contributed by atoms with Crippen LogP contribution in [0.1, 0.15) is 9.67 Å². The Hall–Kier alpha value is -2.39. The van der Waals surface area contributed by atoms with E-state index in [9.17, 15) is 14.4 Å². The molecule has 1 aromatic carbocycles. The minimum absolute atomic E-state index is 0.0588. The molecule has 9 heteroatoms. The molecule has 0 aliphatic carbocycles. The van der Waals surface area contributed by atoms with Crippen LogP contribution in [0, 0.1) is 0 Å². The van der Waals surface area contributed by atoms with Gasteiger partial charge >= 0.3 is 0 Å². The number of halogens is 1. The molecular formula is C20H23BrN4O3S. The fourth-order valence-electron chi connectivity index (χ4n) is 3.10. The second-order valence-corrected chi connectivity index (χ2v) is 9.21. The third-order valence-electron chi connectivity index (χ3n) is 4.70. The molecule has 0 radical (unpaired) electrons. The van der Waals surface area contributed by atoms with Crippen molar-refractivity contribution in [3.8, 4) is 0 Å². The van der Waals surface area contributed by atoms with Gasteiger partial charge in [-0.05, 0) is 40.2 Å². The summed E-state index contributed by atoms with van der Waals surface area (Å²) in [5, 5.41) is 2.62. The van der Waals surface area contributed by atoms with E-state index in [1.54, 1.807) is 24.1 Å². The summed E-state index contributed by atoms with van der Waals surface area (Å²) < 4.78 is 0.858. The Balaban J connectivity index is 1.40. The third kappa shape index (κ3) is 5.80. The van der Waals surface area contributed by atoms with Crippen LogP contribution in [-0.2, 0) is 9.59 Å². The van der Waals surface area contributed by atoms with Gasteiger partial charge in [0, 0.05) is 38.9 Å². The molecule has 2 heterocycles. The second kappa shape index (κ2) is 9.89. The molecule has 0 bridgehead atoms. The highest BCUT2D eigenvalue weighted by Gasteiger charge is 2.22. The van der Waals surface area contributed by atoms with E-state index in [0.29, 0.717) is 18.0 Å². The summed E-state index contributed by atoms with van der Waals surface area (Å²) in [5.74, 6) is -0.686. The molecule has 1 saturated heterocycles. The molecule has 1 aliphatic heterocycles. The number of hydrogen-bond donors (Lipinski definition) is 1. The number of amides is 3. The van der Waals surface area contributed by atoms with E-state index in [2.05, 4.69) is 38.3 Å². The normalized spacial score (nSPS) is 13.9. The zero-order valence-corrected chi connectivity index (χ0v) is 18.5. The Bertz CT molecular complexity index is 866. The van der Waals surface area contributed by atoms with Crippen LogP contribution < -0.4 is 10.2 Å². The first-order valence-corrected chi connectivity index (χ1v) is 10.9. The summed E-state index contributed by atoms with van der Waals surface area (Å²) in [7, 11) is 1.57. The number of likely N-dealkylation sites (N-methyl/N-ethyl adjacent to an activating group) is 1. The molecular weight excluding hydrogens is 456 g/mol. The molecule has 0 unspecified atom stereocenters. The number of carbonyl (C=O) groups excluding carboxylic acids is 3. The lowest BCUT2D eigenvalue weighted by atomic mass is 10.2. The zero-order chi connectivity index (χ0) is 20.8. The van der Waals surface area contributed by atoms with Gasteiger partial charge in [0.25, 0.3) is 5.91 Å². The molecule has 0 saturated carbocycles. The highest BCUT2D eigenvalue weighted by atomic mass is 79.9. The summed E-state index contributed by atoms with van der Waals surface area (Å²) in [4.78, 5) is 42.7. The van der Waals surface area contributed by atoms with Crippen molar-refractivity contribution in [2.75, 3.05) is 51.2 Å². The van der Waals surface area contributed by atoms with Gasteiger partial charge in [0.1, 0.15) is 0 Å². The van der Waals surface area contributed by atoms with Crippen LogP contribution in [0.2, 0.25) is 0 Å². The molecule has 1 fully saturated rings. The van der Waals surface area contributed by atoms with Gasteiger partial charge in [0.2, 0.25) is 11.8 Å². The molecule has 154 valence electrons. The number of nitrogens with zero attached hydrogens (tertiary/aromatic N) is 3. The lowest BCUT2D eigenvalue weighted by Gasteiger charge is -2.36. The summed E-state index contributed by atoms with van der Waals surface area (Å²) >= 11 is 4.64. The van der Waals surface area contributed by atoms with Crippen LogP contribution in [0.15, 0.2) is 46.3 Å². The topological polar surface area (TPSA) is 73.0 Å². The van der Waals surface area contributed by atoms with Crippen molar-refractivity contribution in [1.29, 1.82) is 0 Å². The van der Waals surface area contributed by atoms with Crippen molar-refractivity contribution in [3.05, 3.63) is 51.1 Å². The van der Waals surface area contributed by atoms with Gasteiger partial charge < -0.3 is 20.0 Å². The van der Waals surface area contributed by atoms with E-state index < -0.39 is 0 Å². The Morgan fingerprint density at radius 1 is 1.07 bits per heavy atom. The molecule has 1 N–H and O–H groups in total. The molecule has 0 spiro atoms. The highest BCUT2D eigenvalue weighted by molar-refractivity contribution is 9.11. The van der Waals surface area contributed by atoms with Crippen LogP contribution in [0.4, 0.5) is 5.69 Å². The van der Waals surface area contributed by atoms with Crippen molar-refractivity contribution in [2.24, 2.45) is 0 Å². The minimum Gasteiger partial charge on any atom is -0.368 e. The van der Waals surface area contributed by atoms with Gasteiger partial charge in [-0.1, -0.05) is 18.2 Å². The number of thiophene rings is 1. The van der Waals surface area contributed by atoms with Gasteiger partial charge in [-0.15, -0.1) is 11.3 Å². The number of carbonyl (C=O) groups is 3. The molecule has 29 heavy (non-hydrogen) atoms. The lowest BCUT2D eigenvalue weighted by molar-refractivity contribution is -0.133. The van der Waals surface area contributed by atoms with Gasteiger partial charge in [-0.3, -0.25) is 14.4 Å². The summed E-state index contributed by atoms with van der Waals surface area (Å²) in [5.41, 5.74) is 1.15. The van der Waals surface area contributed by atoms with Crippen molar-refractivity contribution in [3.63, 3.8) is 0 Å². The van der Waals surface area contributed by atoms with Gasteiger partial charge in [-0.25, -0.2) is 0 Å². The predicted molar refractivity (Wildman–Crippen MR) is 117 cm³/mol. The average molecular weight is 479 g/mol. The fourth-order valence-corrected chi connectivity index (χ4v) is 4.48. The molecule has 1 aliphatic rings. The maximum atomic E-state index is 12.4.